The first-order valence-corrected chi connectivity index (χ1v) is 4.19. The van der Waals surface area contributed by atoms with Gasteiger partial charge in [0.15, 0.2) is 0 Å². The molecule has 1 saturated carbocycles. The number of rotatable bonds is 3. The molecule has 3 heteroatoms. The van der Waals surface area contributed by atoms with Crippen LogP contribution in [0.3, 0.4) is 0 Å². The van der Waals surface area contributed by atoms with Gasteiger partial charge in [-0.05, 0) is 12.8 Å². The Bertz CT molecular complexity index is 106. The maximum absolute atomic E-state index is 9.79. The predicted molar refractivity (Wildman–Crippen MR) is 39.7 cm³/mol. The Morgan fingerprint density at radius 1 is 1.09 bits per heavy atom. The van der Waals surface area contributed by atoms with Crippen molar-refractivity contribution >= 4 is 6.47 Å². The normalized spacial score (nSPS) is 20.7. The minimum absolute atomic E-state index is 0.141. The topological polar surface area (TPSA) is 35.5 Å². The van der Waals surface area contributed by atoms with Crippen LogP contribution in [0.25, 0.3) is 0 Å². The third-order valence-corrected chi connectivity index (χ3v) is 2.03. The van der Waals surface area contributed by atoms with E-state index >= 15 is 0 Å². The highest BCUT2D eigenvalue weighted by molar-refractivity contribution is 5.35. The lowest BCUT2D eigenvalue weighted by Crippen LogP contribution is -2.11. The van der Waals surface area contributed by atoms with E-state index in [0.29, 0.717) is 6.47 Å². The van der Waals surface area contributed by atoms with Crippen LogP contribution in [0.4, 0.5) is 0 Å². The summed E-state index contributed by atoms with van der Waals surface area (Å²) in [7, 11) is 0. The third-order valence-electron chi connectivity index (χ3n) is 2.03. The summed E-state index contributed by atoms with van der Waals surface area (Å²) in [5.41, 5.74) is 0. The van der Waals surface area contributed by atoms with Gasteiger partial charge in [0, 0.05) is 0 Å². The van der Waals surface area contributed by atoms with E-state index in [0.717, 1.165) is 12.8 Å². The van der Waals surface area contributed by atoms with Crippen molar-refractivity contribution in [2.24, 2.45) is 0 Å². The molecular weight excluding hydrogens is 144 g/mol. The van der Waals surface area contributed by atoms with Gasteiger partial charge in [-0.1, -0.05) is 25.7 Å². The second-order valence-corrected chi connectivity index (χ2v) is 2.90. The van der Waals surface area contributed by atoms with Crippen LogP contribution in [0.2, 0.25) is 0 Å². The molecule has 0 saturated heterocycles. The molecule has 11 heavy (non-hydrogen) atoms. The van der Waals surface area contributed by atoms with E-state index in [4.69, 9.17) is 4.89 Å². The summed E-state index contributed by atoms with van der Waals surface area (Å²) in [4.78, 5) is 18.9. The fourth-order valence-electron chi connectivity index (χ4n) is 1.44. The Kier molecular flexibility index (Phi) is 3.98. The second kappa shape index (κ2) is 5.13. The highest BCUT2D eigenvalue weighted by Gasteiger charge is 2.13. The fraction of sp³-hybridized carbons (Fsp3) is 0.875. The standard InChI is InChI=1S/C8H14O3/c9-7-10-11-8-5-3-1-2-4-6-8/h7-8H,1-6H2. The minimum Gasteiger partial charge on any atom is -0.302 e. The van der Waals surface area contributed by atoms with Gasteiger partial charge in [-0.25, -0.2) is 0 Å². The molecule has 0 aromatic heterocycles. The molecule has 0 atom stereocenters. The zero-order chi connectivity index (χ0) is 7.94. The van der Waals surface area contributed by atoms with E-state index in [2.05, 4.69) is 4.89 Å². The molecule has 1 rings (SSSR count). The number of hydrogen-bond acceptors (Lipinski definition) is 3. The van der Waals surface area contributed by atoms with Crippen LogP contribution in [0.1, 0.15) is 38.5 Å². The molecule has 1 fully saturated rings. The molecule has 0 heterocycles. The van der Waals surface area contributed by atoms with Crippen LogP contribution in [-0.4, -0.2) is 12.6 Å². The monoisotopic (exact) mass is 158 g/mol. The molecule has 0 aliphatic heterocycles. The number of carbonyl (C=O) groups is 1. The van der Waals surface area contributed by atoms with Crippen molar-refractivity contribution in [1.82, 2.24) is 0 Å². The van der Waals surface area contributed by atoms with E-state index in [1.54, 1.807) is 0 Å². The highest BCUT2D eigenvalue weighted by Crippen LogP contribution is 2.19. The lowest BCUT2D eigenvalue weighted by atomic mass is 10.2. The molecule has 1 aliphatic rings. The lowest BCUT2D eigenvalue weighted by Gasteiger charge is -2.10. The van der Waals surface area contributed by atoms with Crippen LogP contribution in [-0.2, 0) is 14.6 Å². The summed E-state index contributed by atoms with van der Waals surface area (Å²) in [5, 5.41) is 0. The van der Waals surface area contributed by atoms with Crippen LogP contribution in [0.15, 0.2) is 0 Å². The molecule has 0 bridgehead atoms. The summed E-state index contributed by atoms with van der Waals surface area (Å²) < 4.78 is 0. The molecular formula is C8H14O3. The molecule has 0 aromatic carbocycles. The van der Waals surface area contributed by atoms with Crippen molar-refractivity contribution in [2.45, 2.75) is 44.6 Å². The lowest BCUT2D eigenvalue weighted by molar-refractivity contribution is -0.288. The first-order chi connectivity index (χ1) is 5.43. The maximum atomic E-state index is 9.79. The van der Waals surface area contributed by atoms with Crippen molar-refractivity contribution in [3.63, 3.8) is 0 Å². The molecule has 64 valence electrons. The Balaban J connectivity index is 2.14. The zero-order valence-electron chi connectivity index (χ0n) is 6.62. The van der Waals surface area contributed by atoms with Gasteiger partial charge in [0.1, 0.15) is 6.10 Å². The number of hydrogen-bond donors (Lipinski definition) is 0. The molecule has 0 radical (unpaired) electrons. The first kappa shape index (κ1) is 8.53. The molecule has 0 spiro atoms. The molecule has 3 nitrogen and oxygen atoms in total. The molecule has 0 N–H and O–H groups in total. The Morgan fingerprint density at radius 2 is 1.73 bits per heavy atom. The van der Waals surface area contributed by atoms with Gasteiger partial charge in [-0.15, -0.1) is 0 Å². The summed E-state index contributed by atoms with van der Waals surface area (Å²) in [6, 6.07) is 0. The number of carbonyl (C=O) groups excluding carboxylic acids is 1. The Hall–Kier alpha value is -0.570. The van der Waals surface area contributed by atoms with Gasteiger partial charge in [0.25, 0.3) is 0 Å². The quantitative estimate of drug-likeness (QED) is 0.272. The SMILES string of the molecule is O=COOC1CCCCCC1. The van der Waals surface area contributed by atoms with Gasteiger partial charge < -0.3 is 4.89 Å². The van der Waals surface area contributed by atoms with Crippen molar-refractivity contribution in [3.05, 3.63) is 0 Å². The van der Waals surface area contributed by atoms with Crippen molar-refractivity contribution < 1.29 is 14.6 Å². The van der Waals surface area contributed by atoms with Gasteiger partial charge in [-0.2, -0.15) is 4.89 Å². The second-order valence-electron chi connectivity index (χ2n) is 2.90. The smallest absolute Gasteiger partial charge is 0.302 e. The van der Waals surface area contributed by atoms with Crippen molar-refractivity contribution in [1.29, 1.82) is 0 Å². The van der Waals surface area contributed by atoms with Gasteiger partial charge in [0.2, 0.25) is 0 Å². The largest absolute Gasteiger partial charge is 0.330 e. The maximum Gasteiger partial charge on any atom is 0.330 e. The van der Waals surface area contributed by atoms with Gasteiger partial charge in [-0.3, -0.25) is 4.79 Å². The molecule has 0 aromatic rings. The fourth-order valence-corrected chi connectivity index (χ4v) is 1.44. The third kappa shape index (κ3) is 3.37. The summed E-state index contributed by atoms with van der Waals surface area (Å²) in [6.07, 6.45) is 7.12. The van der Waals surface area contributed by atoms with Crippen LogP contribution in [0, 0.1) is 0 Å². The van der Waals surface area contributed by atoms with Crippen LogP contribution < -0.4 is 0 Å². The summed E-state index contributed by atoms with van der Waals surface area (Å²) >= 11 is 0. The van der Waals surface area contributed by atoms with Gasteiger partial charge >= 0.3 is 6.47 Å². The molecule has 0 unspecified atom stereocenters. The average molecular weight is 158 g/mol. The summed E-state index contributed by atoms with van der Waals surface area (Å²) in [6.45, 7) is 0.338. The van der Waals surface area contributed by atoms with E-state index in [9.17, 15) is 4.79 Å². The first-order valence-electron chi connectivity index (χ1n) is 4.19. The minimum atomic E-state index is 0.141. The zero-order valence-corrected chi connectivity index (χ0v) is 6.62. The Labute approximate surface area is 66.6 Å². The van der Waals surface area contributed by atoms with E-state index in [1.807, 2.05) is 0 Å². The van der Waals surface area contributed by atoms with Crippen molar-refractivity contribution in [2.75, 3.05) is 0 Å². The van der Waals surface area contributed by atoms with Crippen molar-refractivity contribution in [3.8, 4) is 0 Å². The predicted octanol–water partition coefficient (Wildman–Crippen LogP) is 1.81. The van der Waals surface area contributed by atoms with Gasteiger partial charge in [0.05, 0.1) is 0 Å². The van der Waals surface area contributed by atoms with Crippen LogP contribution in [0.5, 0.6) is 0 Å². The molecule has 1 aliphatic carbocycles. The summed E-state index contributed by atoms with van der Waals surface area (Å²) in [5.74, 6) is 0. The molecule has 0 amide bonds. The van der Waals surface area contributed by atoms with E-state index < -0.39 is 0 Å². The van der Waals surface area contributed by atoms with E-state index in [-0.39, 0.29) is 6.10 Å². The Morgan fingerprint density at radius 3 is 2.27 bits per heavy atom. The highest BCUT2D eigenvalue weighted by atomic mass is 17.2. The van der Waals surface area contributed by atoms with Crippen LogP contribution >= 0.6 is 0 Å². The average Bonchev–Trinajstić information content (AvgIpc) is 2.28. The van der Waals surface area contributed by atoms with E-state index in [1.165, 1.54) is 25.7 Å².